The van der Waals surface area contributed by atoms with Crippen LogP contribution in [0.25, 0.3) is 0 Å². The number of hydrogen-bond acceptors (Lipinski definition) is 1. The Hall–Kier alpha value is -0.420. The molecule has 0 spiro atoms. The van der Waals surface area contributed by atoms with E-state index in [1.54, 1.807) is 6.07 Å². The topological polar surface area (TPSA) is 29.1 Å². The highest BCUT2D eigenvalue weighted by Crippen LogP contribution is 2.32. The van der Waals surface area contributed by atoms with Gasteiger partial charge in [0.25, 0.3) is 5.91 Å². The van der Waals surface area contributed by atoms with E-state index in [0.29, 0.717) is 28.4 Å². The largest absolute Gasteiger partial charge is 0.352 e. The lowest BCUT2D eigenvalue weighted by Crippen LogP contribution is -2.31. The van der Waals surface area contributed by atoms with E-state index in [9.17, 15) is 9.18 Å². The van der Waals surface area contributed by atoms with E-state index in [2.05, 4.69) is 37.2 Å². The fraction of sp³-hybridized carbons (Fsp3) is 0.500. The standard InChI is InChI=1S/C14H16Br2FNO/c15-7-9-2-1-3-10(9)8-18-14(19)11-4-12(16)6-13(17)5-11/h4-6,9-10H,1-3,7-8H2,(H,18,19). The maximum Gasteiger partial charge on any atom is 0.251 e. The van der Waals surface area contributed by atoms with Crippen molar-refractivity contribution in [2.24, 2.45) is 11.8 Å². The molecule has 1 aromatic carbocycles. The first-order valence-electron chi connectivity index (χ1n) is 6.40. The molecule has 1 aromatic rings. The molecular weight excluding hydrogens is 377 g/mol. The Balaban J connectivity index is 1.94. The lowest BCUT2D eigenvalue weighted by atomic mass is 9.98. The highest BCUT2D eigenvalue weighted by atomic mass is 79.9. The Kier molecular flexibility index (Phi) is 5.39. The molecule has 104 valence electrons. The van der Waals surface area contributed by atoms with Crippen molar-refractivity contribution < 1.29 is 9.18 Å². The third-order valence-electron chi connectivity index (χ3n) is 3.66. The molecule has 1 aliphatic carbocycles. The average Bonchev–Trinajstić information content (AvgIpc) is 2.82. The quantitative estimate of drug-likeness (QED) is 0.767. The molecule has 2 nitrogen and oxygen atoms in total. The molecule has 0 aromatic heterocycles. The molecule has 0 bridgehead atoms. The summed E-state index contributed by atoms with van der Waals surface area (Å²) in [6.45, 7) is 0.670. The number of nitrogens with one attached hydrogen (secondary N) is 1. The molecule has 0 radical (unpaired) electrons. The van der Waals surface area contributed by atoms with Crippen molar-refractivity contribution in [2.75, 3.05) is 11.9 Å². The average molecular weight is 393 g/mol. The maximum absolute atomic E-state index is 13.2. The summed E-state index contributed by atoms with van der Waals surface area (Å²) >= 11 is 6.71. The number of benzene rings is 1. The van der Waals surface area contributed by atoms with Gasteiger partial charge in [0, 0.05) is 21.9 Å². The molecule has 1 aliphatic rings. The number of rotatable bonds is 4. The zero-order valence-electron chi connectivity index (χ0n) is 10.5. The lowest BCUT2D eigenvalue weighted by Gasteiger charge is -2.17. The summed E-state index contributed by atoms with van der Waals surface area (Å²) in [5.41, 5.74) is 0.361. The van der Waals surface area contributed by atoms with E-state index in [1.807, 2.05) is 0 Å². The van der Waals surface area contributed by atoms with Crippen LogP contribution in [0, 0.1) is 17.7 Å². The fourth-order valence-electron chi connectivity index (χ4n) is 2.60. The summed E-state index contributed by atoms with van der Waals surface area (Å²) in [6.07, 6.45) is 3.60. The first-order chi connectivity index (χ1) is 9.10. The van der Waals surface area contributed by atoms with Gasteiger partial charge in [-0.1, -0.05) is 38.3 Å². The van der Waals surface area contributed by atoms with Crippen LogP contribution in [0.4, 0.5) is 4.39 Å². The number of carbonyl (C=O) groups excluding carboxylic acids is 1. The predicted molar refractivity (Wildman–Crippen MR) is 81.1 cm³/mol. The molecule has 0 aliphatic heterocycles. The molecular formula is C14H16Br2FNO. The summed E-state index contributed by atoms with van der Waals surface area (Å²) in [6, 6.07) is 4.24. The van der Waals surface area contributed by atoms with Gasteiger partial charge in [-0.2, -0.15) is 0 Å². The minimum Gasteiger partial charge on any atom is -0.352 e. The fourth-order valence-corrected chi connectivity index (χ4v) is 3.91. The smallest absolute Gasteiger partial charge is 0.251 e. The Morgan fingerprint density at radius 2 is 2.05 bits per heavy atom. The third-order valence-corrected chi connectivity index (χ3v) is 4.95. The molecule has 5 heteroatoms. The van der Waals surface area contributed by atoms with Gasteiger partial charge in [0.15, 0.2) is 0 Å². The van der Waals surface area contributed by atoms with E-state index in [-0.39, 0.29) is 5.91 Å². The molecule has 1 amide bonds. The predicted octanol–water partition coefficient (Wildman–Crippen LogP) is 4.13. The van der Waals surface area contributed by atoms with Crippen molar-refractivity contribution in [2.45, 2.75) is 19.3 Å². The summed E-state index contributed by atoms with van der Waals surface area (Å²) in [5.74, 6) is 0.555. The van der Waals surface area contributed by atoms with Gasteiger partial charge in [-0.05, 0) is 42.9 Å². The third kappa shape index (κ3) is 4.02. The number of halogens is 3. The van der Waals surface area contributed by atoms with Gasteiger partial charge in [-0.15, -0.1) is 0 Å². The van der Waals surface area contributed by atoms with Crippen LogP contribution in [0.1, 0.15) is 29.6 Å². The number of amides is 1. The van der Waals surface area contributed by atoms with Crippen molar-refractivity contribution in [3.05, 3.63) is 34.1 Å². The van der Waals surface area contributed by atoms with Crippen LogP contribution in [-0.2, 0) is 0 Å². The summed E-state index contributed by atoms with van der Waals surface area (Å²) in [7, 11) is 0. The van der Waals surface area contributed by atoms with Crippen molar-refractivity contribution in [1.82, 2.24) is 5.32 Å². The van der Waals surface area contributed by atoms with Gasteiger partial charge in [-0.25, -0.2) is 4.39 Å². The van der Waals surface area contributed by atoms with E-state index in [1.165, 1.54) is 25.0 Å². The van der Waals surface area contributed by atoms with Crippen molar-refractivity contribution >= 4 is 37.8 Å². The second kappa shape index (κ2) is 6.84. The normalized spacial score (nSPS) is 22.5. The van der Waals surface area contributed by atoms with Gasteiger partial charge < -0.3 is 5.32 Å². The second-order valence-corrected chi connectivity index (χ2v) is 6.54. The van der Waals surface area contributed by atoms with Crippen molar-refractivity contribution in [3.63, 3.8) is 0 Å². The first kappa shape index (κ1) is 15.0. The van der Waals surface area contributed by atoms with Crippen molar-refractivity contribution in [3.8, 4) is 0 Å². The second-order valence-electron chi connectivity index (χ2n) is 4.97. The molecule has 0 saturated heterocycles. The van der Waals surface area contributed by atoms with Crippen LogP contribution in [-0.4, -0.2) is 17.8 Å². The van der Waals surface area contributed by atoms with Crippen LogP contribution in [0.15, 0.2) is 22.7 Å². The van der Waals surface area contributed by atoms with Gasteiger partial charge in [0.2, 0.25) is 0 Å². The molecule has 1 N–H and O–H groups in total. The maximum atomic E-state index is 13.2. The number of alkyl halides is 1. The zero-order valence-corrected chi connectivity index (χ0v) is 13.6. The van der Waals surface area contributed by atoms with Crippen LogP contribution in [0.5, 0.6) is 0 Å². The molecule has 2 rings (SSSR count). The number of hydrogen-bond donors (Lipinski definition) is 1. The highest BCUT2D eigenvalue weighted by Gasteiger charge is 2.26. The van der Waals surface area contributed by atoms with Crippen LogP contribution >= 0.6 is 31.9 Å². The summed E-state index contributed by atoms with van der Waals surface area (Å²) < 4.78 is 13.8. The minimum atomic E-state index is -0.404. The van der Waals surface area contributed by atoms with Crippen molar-refractivity contribution in [1.29, 1.82) is 0 Å². The monoisotopic (exact) mass is 391 g/mol. The van der Waals surface area contributed by atoms with Gasteiger partial charge >= 0.3 is 0 Å². The molecule has 2 atom stereocenters. The molecule has 1 fully saturated rings. The Bertz CT molecular complexity index is 447. The van der Waals surface area contributed by atoms with Gasteiger partial charge in [-0.3, -0.25) is 4.79 Å². The highest BCUT2D eigenvalue weighted by molar-refractivity contribution is 9.10. The Morgan fingerprint density at radius 3 is 2.74 bits per heavy atom. The molecule has 19 heavy (non-hydrogen) atoms. The van der Waals surface area contributed by atoms with E-state index in [0.717, 1.165) is 11.8 Å². The van der Waals surface area contributed by atoms with Gasteiger partial charge in [0.05, 0.1) is 0 Å². The summed E-state index contributed by atoms with van der Waals surface area (Å²) in [4.78, 5) is 12.0. The Labute approximate surface area is 129 Å². The molecule has 2 unspecified atom stereocenters. The molecule has 0 heterocycles. The van der Waals surface area contributed by atoms with E-state index < -0.39 is 5.82 Å². The van der Waals surface area contributed by atoms with E-state index >= 15 is 0 Å². The first-order valence-corrected chi connectivity index (χ1v) is 8.32. The molecule has 1 saturated carbocycles. The van der Waals surface area contributed by atoms with Gasteiger partial charge in [0.1, 0.15) is 5.82 Å². The van der Waals surface area contributed by atoms with Crippen LogP contribution in [0.2, 0.25) is 0 Å². The van der Waals surface area contributed by atoms with Crippen LogP contribution in [0.3, 0.4) is 0 Å². The Morgan fingerprint density at radius 1 is 1.32 bits per heavy atom. The summed E-state index contributed by atoms with van der Waals surface area (Å²) in [5, 5.41) is 3.90. The van der Waals surface area contributed by atoms with Crippen LogP contribution < -0.4 is 5.32 Å². The minimum absolute atomic E-state index is 0.208. The number of carbonyl (C=O) groups is 1. The lowest BCUT2D eigenvalue weighted by molar-refractivity contribution is 0.0944. The zero-order chi connectivity index (χ0) is 13.8. The van der Waals surface area contributed by atoms with E-state index in [4.69, 9.17) is 0 Å². The SMILES string of the molecule is O=C(NCC1CCCC1CBr)c1cc(F)cc(Br)c1.